The number of ether oxygens (including phenoxy) is 1. The molecule has 5 heteroatoms. The Bertz CT molecular complexity index is 379. The van der Waals surface area contributed by atoms with E-state index in [1.807, 2.05) is 37.3 Å². The summed E-state index contributed by atoms with van der Waals surface area (Å²) in [6.45, 7) is 1.95. The van der Waals surface area contributed by atoms with Gasteiger partial charge in [0, 0.05) is 0 Å². The second kappa shape index (κ2) is 6.69. The first-order valence-electron chi connectivity index (χ1n) is 5.20. The van der Waals surface area contributed by atoms with Gasteiger partial charge < -0.3 is 0 Å². The van der Waals surface area contributed by atoms with Crippen LogP contribution in [-0.2, 0) is 8.50 Å². The van der Waals surface area contributed by atoms with Crippen molar-refractivity contribution in [2.75, 3.05) is 14.2 Å². The maximum absolute atomic E-state index is 6.39. The van der Waals surface area contributed by atoms with E-state index >= 15 is 0 Å². The van der Waals surface area contributed by atoms with E-state index in [9.17, 15) is 0 Å². The molecule has 0 spiro atoms. The Morgan fingerprint density at radius 3 is 2.29 bits per heavy atom. The fraction of sp³-hybridized carbons (Fsp3) is 0.333. The van der Waals surface area contributed by atoms with Crippen LogP contribution in [0.4, 0.5) is 0 Å². The Labute approximate surface area is 114 Å². The van der Waals surface area contributed by atoms with Gasteiger partial charge in [-0.15, -0.1) is 0 Å². The van der Waals surface area contributed by atoms with Gasteiger partial charge >= 0.3 is 114 Å². The topological polar surface area (TPSA) is 18.5 Å². The first-order valence-corrected chi connectivity index (χ1v) is 12.8. The van der Waals surface area contributed by atoms with E-state index in [-0.39, 0.29) is 4.75 Å². The summed E-state index contributed by atoms with van der Waals surface area (Å²) in [5.41, 5.74) is 2.04. The van der Waals surface area contributed by atoms with Crippen molar-refractivity contribution in [3.05, 3.63) is 47.7 Å². The van der Waals surface area contributed by atoms with Crippen molar-refractivity contribution in [1.29, 1.82) is 0 Å². The standard InChI is InChI=1S/C12H16Cl2GeO2/c1-10(9-16-2)12(15(13,14)17-3)11-7-5-4-6-8-11/h4-9,12H,1-3H3/b10-9+. The van der Waals surface area contributed by atoms with Gasteiger partial charge in [0.25, 0.3) is 0 Å². The van der Waals surface area contributed by atoms with Crippen LogP contribution in [0.2, 0.25) is 0 Å². The van der Waals surface area contributed by atoms with Crippen molar-refractivity contribution in [2.45, 2.75) is 11.7 Å². The Hall–Kier alpha value is -0.157. The summed E-state index contributed by atoms with van der Waals surface area (Å²) in [6.07, 6.45) is 1.67. The van der Waals surface area contributed by atoms with E-state index in [1.54, 1.807) is 20.5 Å². The fourth-order valence-corrected chi connectivity index (χ4v) is 7.80. The average Bonchev–Trinajstić information content (AvgIpc) is 2.30. The molecule has 0 aliphatic heterocycles. The molecule has 0 bridgehead atoms. The molecule has 0 aromatic heterocycles. The van der Waals surface area contributed by atoms with Crippen LogP contribution in [-0.4, -0.2) is 26.0 Å². The summed E-state index contributed by atoms with van der Waals surface area (Å²) in [6, 6.07) is 9.89. The molecule has 1 atom stereocenters. The van der Waals surface area contributed by atoms with Crippen LogP contribution >= 0.6 is 20.0 Å². The van der Waals surface area contributed by atoms with E-state index in [2.05, 4.69) is 0 Å². The maximum atomic E-state index is 6.39. The molecule has 0 aliphatic carbocycles. The zero-order chi connectivity index (χ0) is 12.9. The third kappa shape index (κ3) is 3.92. The van der Waals surface area contributed by atoms with Crippen molar-refractivity contribution in [3.63, 3.8) is 0 Å². The summed E-state index contributed by atoms with van der Waals surface area (Å²) in [5.74, 6) is 0. The minimum atomic E-state index is -3.39. The third-order valence-electron chi connectivity index (χ3n) is 2.50. The Kier molecular flexibility index (Phi) is 5.86. The predicted molar refractivity (Wildman–Crippen MR) is 74.4 cm³/mol. The number of rotatable bonds is 5. The monoisotopic (exact) mass is 336 g/mol. The Balaban J connectivity index is 3.17. The van der Waals surface area contributed by atoms with Crippen molar-refractivity contribution in [2.24, 2.45) is 0 Å². The van der Waals surface area contributed by atoms with Gasteiger partial charge in [-0.1, -0.05) is 0 Å². The number of allylic oxidation sites excluding steroid dienone is 1. The van der Waals surface area contributed by atoms with Crippen LogP contribution in [0.25, 0.3) is 0 Å². The molecular formula is C12H16Cl2GeO2. The molecule has 17 heavy (non-hydrogen) atoms. The molecule has 1 rings (SSSR count). The SMILES string of the molecule is CO/C=C(\C)[CH](c1ccccc1)[Ge]([Cl])([Cl])[O]C. The predicted octanol–water partition coefficient (Wildman–Crippen LogP) is 3.92. The summed E-state index contributed by atoms with van der Waals surface area (Å²) in [7, 11) is 15.9. The zero-order valence-corrected chi connectivity index (χ0v) is 13.7. The molecule has 0 heterocycles. The summed E-state index contributed by atoms with van der Waals surface area (Å²) < 4.78 is 10.3. The number of hydrogen-bond donors (Lipinski definition) is 0. The van der Waals surface area contributed by atoms with Crippen LogP contribution < -0.4 is 0 Å². The van der Waals surface area contributed by atoms with Gasteiger partial charge in [-0.05, 0) is 0 Å². The molecular weight excluding hydrogens is 320 g/mol. The molecule has 1 aromatic carbocycles. The molecule has 0 aliphatic rings. The van der Waals surface area contributed by atoms with Crippen LogP contribution in [0.15, 0.2) is 42.2 Å². The molecule has 0 radical (unpaired) electrons. The molecule has 0 N–H and O–H groups in total. The first kappa shape index (κ1) is 14.9. The van der Waals surface area contributed by atoms with E-state index in [1.165, 1.54) is 0 Å². The number of methoxy groups -OCH3 is 1. The van der Waals surface area contributed by atoms with Gasteiger partial charge in [0.05, 0.1) is 0 Å². The fourth-order valence-electron chi connectivity index (χ4n) is 1.74. The van der Waals surface area contributed by atoms with Gasteiger partial charge in [0.15, 0.2) is 0 Å². The van der Waals surface area contributed by atoms with Gasteiger partial charge in [-0.3, -0.25) is 0 Å². The van der Waals surface area contributed by atoms with Crippen molar-refractivity contribution < 1.29 is 8.50 Å². The third-order valence-corrected chi connectivity index (χ3v) is 10.6. The van der Waals surface area contributed by atoms with Crippen molar-refractivity contribution >= 4 is 31.8 Å². The molecule has 0 amide bonds. The normalized spacial score (nSPS) is 14.5. The average molecular weight is 336 g/mol. The van der Waals surface area contributed by atoms with Gasteiger partial charge in [0.1, 0.15) is 0 Å². The van der Waals surface area contributed by atoms with Crippen molar-refractivity contribution in [3.8, 4) is 0 Å². The zero-order valence-electron chi connectivity index (χ0n) is 10.1. The van der Waals surface area contributed by atoms with Crippen molar-refractivity contribution in [1.82, 2.24) is 0 Å². The van der Waals surface area contributed by atoms with Gasteiger partial charge in [0.2, 0.25) is 0 Å². The second-order valence-electron chi connectivity index (χ2n) is 3.71. The van der Waals surface area contributed by atoms with E-state index < -0.39 is 11.7 Å². The van der Waals surface area contributed by atoms with Crippen LogP contribution in [0.5, 0.6) is 0 Å². The molecule has 1 unspecified atom stereocenters. The van der Waals surface area contributed by atoms with Crippen LogP contribution in [0.1, 0.15) is 17.2 Å². The molecule has 0 saturated carbocycles. The second-order valence-corrected chi connectivity index (χ2v) is 15.0. The molecule has 2 nitrogen and oxygen atoms in total. The molecule has 1 aromatic rings. The number of halogens is 2. The number of benzene rings is 1. The summed E-state index contributed by atoms with van der Waals surface area (Å²) in [4.78, 5) is 0. The van der Waals surface area contributed by atoms with Crippen LogP contribution in [0.3, 0.4) is 0 Å². The van der Waals surface area contributed by atoms with Gasteiger partial charge in [-0.2, -0.15) is 0 Å². The summed E-state index contributed by atoms with van der Waals surface area (Å²) in [5, 5.41) is 0. The van der Waals surface area contributed by atoms with E-state index in [0.29, 0.717) is 0 Å². The van der Waals surface area contributed by atoms with E-state index in [0.717, 1.165) is 11.1 Å². The Morgan fingerprint density at radius 2 is 1.82 bits per heavy atom. The molecule has 0 saturated heterocycles. The van der Waals surface area contributed by atoms with Crippen LogP contribution in [0, 0.1) is 0 Å². The minimum absolute atomic E-state index is 0.0931. The Morgan fingerprint density at radius 1 is 1.24 bits per heavy atom. The molecule has 0 fully saturated rings. The molecule has 94 valence electrons. The quantitative estimate of drug-likeness (QED) is 0.600. The van der Waals surface area contributed by atoms with E-state index in [4.69, 9.17) is 28.5 Å². The number of hydrogen-bond acceptors (Lipinski definition) is 2. The van der Waals surface area contributed by atoms with Gasteiger partial charge in [-0.25, -0.2) is 0 Å². The first-order chi connectivity index (χ1) is 8.03. The summed E-state index contributed by atoms with van der Waals surface area (Å²) >= 11 is -3.39.